The van der Waals surface area contributed by atoms with Crippen molar-refractivity contribution >= 4 is 5.91 Å². The number of rotatable bonds is 6. The second-order valence-electron chi connectivity index (χ2n) is 7.27. The molecule has 1 aromatic carbocycles. The molecule has 4 heteroatoms. The van der Waals surface area contributed by atoms with Crippen molar-refractivity contribution in [2.24, 2.45) is 5.92 Å². The normalized spacial score (nSPS) is 15.7. The van der Waals surface area contributed by atoms with Gasteiger partial charge in [-0.15, -0.1) is 0 Å². The van der Waals surface area contributed by atoms with E-state index in [0.29, 0.717) is 24.3 Å². The molecule has 0 radical (unpaired) electrons. The van der Waals surface area contributed by atoms with Crippen LogP contribution in [0.3, 0.4) is 0 Å². The summed E-state index contributed by atoms with van der Waals surface area (Å²) in [4.78, 5) is 14.1. The summed E-state index contributed by atoms with van der Waals surface area (Å²) in [6, 6.07) is 14.7. The fourth-order valence-electron chi connectivity index (χ4n) is 3.29. The molecule has 0 saturated carbocycles. The quantitative estimate of drug-likeness (QED) is 0.862. The van der Waals surface area contributed by atoms with E-state index in [9.17, 15) is 4.79 Å². The summed E-state index contributed by atoms with van der Waals surface area (Å²) in [7, 11) is 0. The maximum Gasteiger partial charge on any atom is 0.222 e. The van der Waals surface area contributed by atoms with Crippen molar-refractivity contribution in [3.05, 3.63) is 48.2 Å². The highest BCUT2D eigenvalue weighted by molar-refractivity contribution is 5.76. The molecule has 0 aliphatic carbocycles. The molecule has 25 heavy (non-hydrogen) atoms. The average Bonchev–Trinajstić information content (AvgIpc) is 3.10. The lowest BCUT2D eigenvalue weighted by Gasteiger charge is -2.32. The molecule has 4 nitrogen and oxygen atoms in total. The van der Waals surface area contributed by atoms with Gasteiger partial charge in [0.15, 0.2) is 0 Å². The van der Waals surface area contributed by atoms with Crippen molar-refractivity contribution in [1.29, 1.82) is 0 Å². The van der Waals surface area contributed by atoms with Crippen LogP contribution < -0.4 is 5.32 Å². The monoisotopic (exact) mass is 340 g/mol. The van der Waals surface area contributed by atoms with E-state index in [4.69, 9.17) is 4.42 Å². The third kappa shape index (κ3) is 4.95. The smallest absolute Gasteiger partial charge is 0.222 e. The Hall–Kier alpha value is -2.07. The van der Waals surface area contributed by atoms with Crippen molar-refractivity contribution < 1.29 is 9.21 Å². The van der Waals surface area contributed by atoms with Gasteiger partial charge in [-0.1, -0.05) is 44.2 Å². The number of likely N-dealkylation sites (tertiary alicyclic amines) is 1. The molecule has 1 aliphatic heterocycles. The molecule has 1 aromatic heterocycles. The summed E-state index contributed by atoms with van der Waals surface area (Å²) >= 11 is 0. The van der Waals surface area contributed by atoms with E-state index < -0.39 is 0 Å². The Bertz CT molecular complexity index is 670. The number of amides is 1. The molecule has 1 amide bonds. The molecule has 1 fully saturated rings. The van der Waals surface area contributed by atoms with Crippen LogP contribution in [0.2, 0.25) is 0 Å². The number of carbonyl (C=O) groups excluding carboxylic acids is 1. The molecule has 0 unspecified atom stereocenters. The predicted octanol–water partition coefficient (Wildman–Crippen LogP) is 4.07. The Balaban J connectivity index is 1.45. The number of hydrogen-bond acceptors (Lipinski definition) is 3. The predicted molar refractivity (Wildman–Crippen MR) is 100 cm³/mol. The van der Waals surface area contributed by atoms with Gasteiger partial charge in [-0.2, -0.15) is 0 Å². The van der Waals surface area contributed by atoms with E-state index >= 15 is 0 Å². The van der Waals surface area contributed by atoms with Crippen LogP contribution in [0.4, 0.5) is 0 Å². The fraction of sp³-hybridized carbons (Fsp3) is 0.476. The van der Waals surface area contributed by atoms with Crippen molar-refractivity contribution in [2.45, 2.75) is 45.7 Å². The summed E-state index contributed by atoms with van der Waals surface area (Å²) < 4.78 is 5.94. The first-order valence-electron chi connectivity index (χ1n) is 9.27. The summed E-state index contributed by atoms with van der Waals surface area (Å²) in [5.74, 6) is 2.59. The fourth-order valence-corrected chi connectivity index (χ4v) is 3.29. The molecule has 134 valence electrons. The van der Waals surface area contributed by atoms with E-state index in [-0.39, 0.29) is 0 Å². The molecule has 0 atom stereocenters. The van der Waals surface area contributed by atoms with E-state index in [1.165, 1.54) is 0 Å². The minimum atomic E-state index is 0.298. The highest BCUT2D eigenvalue weighted by Crippen LogP contribution is 2.22. The molecule has 1 saturated heterocycles. The standard InChI is InChI=1S/C21H28N2O2/c1-16(2)14-21(24)23-12-10-18(11-13-23)22-15-19-8-9-20(25-19)17-6-4-3-5-7-17/h3-9,16,18,22H,10-15H2,1-2H3. The van der Waals surface area contributed by atoms with Gasteiger partial charge in [0, 0.05) is 31.1 Å². The second-order valence-corrected chi connectivity index (χ2v) is 7.27. The van der Waals surface area contributed by atoms with Crippen LogP contribution in [-0.4, -0.2) is 29.9 Å². The van der Waals surface area contributed by atoms with E-state index in [0.717, 1.165) is 49.6 Å². The van der Waals surface area contributed by atoms with Crippen molar-refractivity contribution in [2.75, 3.05) is 13.1 Å². The molecule has 1 N–H and O–H groups in total. The number of carbonyl (C=O) groups is 1. The summed E-state index contributed by atoms with van der Waals surface area (Å²) in [6.07, 6.45) is 2.68. The van der Waals surface area contributed by atoms with Gasteiger partial charge in [-0.3, -0.25) is 4.79 Å². The van der Waals surface area contributed by atoms with Gasteiger partial charge in [0.05, 0.1) is 6.54 Å². The number of furan rings is 1. The molecule has 2 heterocycles. The molecule has 2 aromatic rings. The van der Waals surface area contributed by atoms with Gasteiger partial charge in [-0.25, -0.2) is 0 Å². The van der Waals surface area contributed by atoms with Gasteiger partial charge in [0.1, 0.15) is 11.5 Å². The van der Waals surface area contributed by atoms with Crippen LogP contribution >= 0.6 is 0 Å². The van der Waals surface area contributed by atoms with Gasteiger partial charge >= 0.3 is 0 Å². The number of nitrogens with zero attached hydrogens (tertiary/aromatic N) is 1. The zero-order valence-electron chi connectivity index (χ0n) is 15.2. The largest absolute Gasteiger partial charge is 0.460 e. The molecular weight excluding hydrogens is 312 g/mol. The number of hydrogen-bond donors (Lipinski definition) is 1. The molecule has 0 spiro atoms. The number of benzene rings is 1. The van der Waals surface area contributed by atoms with Crippen molar-refractivity contribution in [3.63, 3.8) is 0 Å². The van der Waals surface area contributed by atoms with Crippen LogP contribution in [0.5, 0.6) is 0 Å². The lowest BCUT2D eigenvalue weighted by Crippen LogP contribution is -2.44. The van der Waals surface area contributed by atoms with Gasteiger partial charge in [0.25, 0.3) is 0 Å². The van der Waals surface area contributed by atoms with Crippen molar-refractivity contribution in [3.8, 4) is 11.3 Å². The summed E-state index contributed by atoms with van der Waals surface area (Å²) in [6.45, 7) is 6.64. The maximum atomic E-state index is 12.1. The van der Waals surface area contributed by atoms with Crippen LogP contribution in [-0.2, 0) is 11.3 Å². The Labute approximate surface area is 150 Å². The molecule has 0 bridgehead atoms. The van der Waals surface area contributed by atoms with Crippen LogP contribution in [0.1, 0.15) is 38.9 Å². The van der Waals surface area contributed by atoms with E-state index in [1.807, 2.05) is 35.2 Å². The molecule has 3 rings (SSSR count). The van der Waals surface area contributed by atoms with E-state index in [1.54, 1.807) is 0 Å². The first-order valence-corrected chi connectivity index (χ1v) is 9.27. The maximum absolute atomic E-state index is 12.1. The second kappa shape index (κ2) is 8.34. The highest BCUT2D eigenvalue weighted by Gasteiger charge is 2.22. The van der Waals surface area contributed by atoms with Gasteiger partial charge < -0.3 is 14.6 Å². The number of nitrogens with one attached hydrogen (secondary N) is 1. The Morgan fingerprint density at radius 2 is 1.88 bits per heavy atom. The number of piperidine rings is 1. The lowest BCUT2D eigenvalue weighted by atomic mass is 10.0. The Morgan fingerprint density at radius 1 is 1.16 bits per heavy atom. The van der Waals surface area contributed by atoms with Crippen LogP contribution in [0.15, 0.2) is 46.9 Å². The van der Waals surface area contributed by atoms with Crippen LogP contribution in [0, 0.1) is 5.92 Å². The molecule has 1 aliphatic rings. The molecular formula is C21H28N2O2. The Kier molecular flexibility index (Phi) is 5.92. The topological polar surface area (TPSA) is 45.5 Å². The Morgan fingerprint density at radius 3 is 2.56 bits per heavy atom. The minimum Gasteiger partial charge on any atom is -0.460 e. The van der Waals surface area contributed by atoms with Crippen molar-refractivity contribution in [1.82, 2.24) is 10.2 Å². The van der Waals surface area contributed by atoms with E-state index in [2.05, 4.69) is 31.3 Å². The minimum absolute atomic E-state index is 0.298. The summed E-state index contributed by atoms with van der Waals surface area (Å²) in [5.41, 5.74) is 1.10. The zero-order chi connectivity index (χ0) is 17.6. The lowest BCUT2D eigenvalue weighted by molar-refractivity contribution is -0.133. The first-order chi connectivity index (χ1) is 12.1. The SMILES string of the molecule is CC(C)CC(=O)N1CCC(NCc2ccc(-c3ccccc3)o2)CC1. The van der Waals surface area contributed by atoms with Crippen LogP contribution in [0.25, 0.3) is 11.3 Å². The van der Waals surface area contributed by atoms with Gasteiger partial charge in [-0.05, 0) is 30.9 Å². The third-order valence-corrected chi connectivity index (χ3v) is 4.72. The summed E-state index contributed by atoms with van der Waals surface area (Å²) in [5, 5.41) is 3.57. The first kappa shape index (κ1) is 17.7. The van der Waals surface area contributed by atoms with Gasteiger partial charge in [0.2, 0.25) is 5.91 Å². The zero-order valence-corrected chi connectivity index (χ0v) is 15.2. The highest BCUT2D eigenvalue weighted by atomic mass is 16.3. The third-order valence-electron chi connectivity index (χ3n) is 4.72. The average molecular weight is 340 g/mol.